The number of aromatic nitrogens is 2. The lowest BCUT2D eigenvalue weighted by Gasteiger charge is -2.44. The van der Waals surface area contributed by atoms with Gasteiger partial charge in [-0.3, -0.25) is 14.4 Å². The monoisotopic (exact) mass is 546 g/mol. The molecule has 2 aliphatic heterocycles. The van der Waals surface area contributed by atoms with Crippen molar-refractivity contribution in [3.63, 3.8) is 0 Å². The highest BCUT2D eigenvalue weighted by Crippen LogP contribution is 2.30. The normalized spacial score (nSPS) is 20.5. The first-order valence-corrected chi connectivity index (χ1v) is 14.4. The standard InChI is InChI=1S/C31H38N4O5/c1-2-3-16-33-17-19-39-27-14-7-5-10-24(27)11-8-9-15-31(30(33)38)23-34(18-20-40-31)28(36)22-35-29(37)26-13-6-4-12-25(26)21-32-35/h4-7,10,12-14,21H,2-3,8-9,11,15-20,22-23H2,1H3. The Morgan fingerprint density at radius 3 is 2.73 bits per heavy atom. The van der Waals surface area contributed by atoms with Crippen LogP contribution in [0.25, 0.3) is 10.8 Å². The van der Waals surface area contributed by atoms with Crippen LogP contribution in [-0.2, 0) is 27.3 Å². The van der Waals surface area contributed by atoms with Crippen molar-refractivity contribution in [3.05, 3.63) is 70.6 Å². The molecule has 0 aliphatic carbocycles. The molecule has 2 amide bonds. The van der Waals surface area contributed by atoms with E-state index in [1.807, 2.05) is 35.2 Å². The molecule has 1 saturated heterocycles. The molecule has 2 aromatic carbocycles. The van der Waals surface area contributed by atoms with Gasteiger partial charge in [-0.25, -0.2) is 4.68 Å². The van der Waals surface area contributed by atoms with Crippen LogP contribution >= 0.6 is 0 Å². The quantitative estimate of drug-likeness (QED) is 0.487. The average molecular weight is 547 g/mol. The maximum absolute atomic E-state index is 14.2. The van der Waals surface area contributed by atoms with Gasteiger partial charge in [-0.05, 0) is 49.8 Å². The van der Waals surface area contributed by atoms with Gasteiger partial charge in [-0.1, -0.05) is 49.7 Å². The summed E-state index contributed by atoms with van der Waals surface area (Å²) in [6, 6.07) is 15.3. The van der Waals surface area contributed by atoms with Gasteiger partial charge >= 0.3 is 0 Å². The highest BCUT2D eigenvalue weighted by Gasteiger charge is 2.46. The van der Waals surface area contributed by atoms with E-state index in [9.17, 15) is 14.4 Å². The first-order valence-electron chi connectivity index (χ1n) is 14.4. The number of unbranched alkanes of at least 4 members (excludes halogenated alkanes) is 1. The molecule has 1 atom stereocenters. The number of carbonyl (C=O) groups is 2. The number of benzene rings is 2. The van der Waals surface area contributed by atoms with Crippen LogP contribution in [0.1, 0.15) is 44.6 Å². The third kappa shape index (κ3) is 6.04. The van der Waals surface area contributed by atoms with Crippen molar-refractivity contribution in [1.82, 2.24) is 19.6 Å². The molecular weight excluding hydrogens is 508 g/mol. The fourth-order valence-corrected chi connectivity index (χ4v) is 5.65. The van der Waals surface area contributed by atoms with Crippen LogP contribution in [-0.4, -0.2) is 76.4 Å². The van der Waals surface area contributed by atoms with Crippen molar-refractivity contribution >= 4 is 22.6 Å². The molecule has 1 aromatic heterocycles. The van der Waals surface area contributed by atoms with E-state index in [4.69, 9.17) is 9.47 Å². The summed E-state index contributed by atoms with van der Waals surface area (Å²) in [6.45, 7) is 4.15. The van der Waals surface area contributed by atoms with Crippen LogP contribution in [0.3, 0.4) is 0 Å². The molecule has 1 spiro atoms. The molecule has 212 valence electrons. The Kier molecular flexibility index (Phi) is 8.79. The Morgan fingerprint density at radius 2 is 1.85 bits per heavy atom. The van der Waals surface area contributed by atoms with Crippen molar-refractivity contribution in [2.45, 2.75) is 57.6 Å². The molecular formula is C31H38N4O5. The van der Waals surface area contributed by atoms with Crippen molar-refractivity contribution < 1.29 is 19.1 Å². The van der Waals surface area contributed by atoms with Crippen LogP contribution < -0.4 is 10.3 Å². The SMILES string of the molecule is CCCCN1CCOc2ccccc2CCCCC2(CN(C(=O)Cn3ncc4ccccc4c3=O)CCO2)C1=O. The van der Waals surface area contributed by atoms with Gasteiger partial charge in [0.15, 0.2) is 5.60 Å². The molecule has 0 saturated carbocycles. The lowest BCUT2D eigenvalue weighted by atomic mass is 9.90. The third-order valence-corrected chi connectivity index (χ3v) is 7.91. The topological polar surface area (TPSA) is 94.0 Å². The van der Waals surface area contributed by atoms with Gasteiger partial charge in [-0.15, -0.1) is 0 Å². The van der Waals surface area contributed by atoms with Gasteiger partial charge in [0, 0.05) is 18.5 Å². The molecule has 0 N–H and O–H groups in total. The highest BCUT2D eigenvalue weighted by molar-refractivity contribution is 5.87. The summed E-state index contributed by atoms with van der Waals surface area (Å²) in [5, 5.41) is 5.49. The van der Waals surface area contributed by atoms with E-state index in [0.717, 1.165) is 43.2 Å². The Balaban J connectivity index is 1.37. The molecule has 9 heteroatoms. The highest BCUT2D eigenvalue weighted by atomic mass is 16.5. The molecule has 3 heterocycles. The number of rotatable bonds is 5. The van der Waals surface area contributed by atoms with E-state index in [2.05, 4.69) is 18.1 Å². The zero-order valence-corrected chi connectivity index (χ0v) is 23.2. The van der Waals surface area contributed by atoms with Gasteiger partial charge in [0.1, 0.15) is 18.9 Å². The molecule has 3 aromatic rings. The van der Waals surface area contributed by atoms with E-state index in [1.54, 1.807) is 23.2 Å². The predicted octanol–water partition coefficient (Wildman–Crippen LogP) is 3.43. The summed E-state index contributed by atoms with van der Waals surface area (Å²) in [5.74, 6) is 0.546. The zero-order chi connectivity index (χ0) is 28.0. The minimum Gasteiger partial charge on any atom is -0.491 e. The summed E-state index contributed by atoms with van der Waals surface area (Å²) >= 11 is 0. The lowest BCUT2D eigenvalue weighted by molar-refractivity contribution is -0.177. The number of carbonyl (C=O) groups excluding carboxylic acids is 2. The lowest BCUT2D eigenvalue weighted by Crippen LogP contribution is -2.62. The van der Waals surface area contributed by atoms with Crippen LogP contribution in [0.4, 0.5) is 0 Å². The molecule has 40 heavy (non-hydrogen) atoms. The molecule has 2 aliphatic rings. The van der Waals surface area contributed by atoms with Crippen molar-refractivity contribution in [2.75, 3.05) is 39.4 Å². The summed E-state index contributed by atoms with van der Waals surface area (Å²) in [5.41, 5.74) is -0.261. The molecule has 1 unspecified atom stereocenters. The minimum absolute atomic E-state index is 0.0862. The third-order valence-electron chi connectivity index (χ3n) is 7.91. The van der Waals surface area contributed by atoms with Crippen LogP contribution in [0, 0.1) is 0 Å². The second kappa shape index (κ2) is 12.6. The van der Waals surface area contributed by atoms with Gasteiger partial charge in [0.2, 0.25) is 5.91 Å². The van der Waals surface area contributed by atoms with Gasteiger partial charge in [0.25, 0.3) is 11.5 Å². The first kappa shape index (κ1) is 27.8. The number of morpholine rings is 1. The molecule has 1 fully saturated rings. The average Bonchev–Trinajstić information content (AvgIpc) is 2.98. The number of nitrogens with zero attached hydrogens (tertiary/aromatic N) is 4. The van der Waals surface area contributed by atoms with Gasteiger partial charge < -0.3 is 19.3 Å². The zero-order valence-electron chi connectivity index (χ0n) is 23.2. The van der Waals surface area contributed by atoms with E-state index in [1.165, 1.54) is 10.2 Å². The number of hydrogen-bond donors (Lipinski definition) is 0. The molecule has 5 rings (SSSR count). The summed E-state index contributed by atoms with van der Waals surface area (Å²) in [6.07, 6.45) is 6.45. The van der Waals surface area contributed by atoms with Crippen molar-refractivity contribution in [3.8, 4) is 5.75 Å². The summed E-state index contributed by atoms with van der Waals surface area (Å²) in [7, 11) is 0. The second-order valence-electron chi connectivity index (χ2n) is 10.7. The number of aryl methyl sites for hydroxylation is 1. The van der Waals surface area contributed by atoms with E-state index in [0.29, 0.717) is 38.0 Å². The Labute approximate surface area is 234 Å². The largest absolute Gasteiger partial charge is 0.491 e. The van der Waals surface area contributed by atoms with Crippen LogP contribution in [0.2, 0.25) is 0 Å². The van der Waals surface area contributed by atoms with E-state index < -0.39 is 5.60 Å². The molecule has 0 bridgehead atoms. The molecule has 0 radical (unpaired) electrons. The van der Waals surface area contributed by atoms with Gasteiger partial charge in [0.05, 0.1) is 31.3 Å². The predicted molar refractivity (Wildman–Crippen MR) is 152 cm³/mol. The number of hydrogen-bond acceptors (Lipinski definition) is 6. The number of fused-ring (bicyclic) bond motifs is 2. The smallest absolute Gasteiger partial charge is 0.275 e. The summed E-state index contributed by atoms with van der Waals surface area (Å²) < 4.78 is 13.6. The molecule has 9 nitrogen and oxygen atoms in total. The number of amides is 2. The number of para-hydroxylation sites is 1. The van der Waals surface area contributed by atoms with Crippen molar-refractivity contribution in [2.24, 2.45) is 0 Å². The van der Waals surface area contributed by atoms with E-state index >= 15 is 0 Å². The number of ether oxygens (including phenoxy) is 2. The Hall–Kier alpha value is -3.72. The minimum atomic E-state index is -1.12. The summed E-state index contributed by atoms with van der Waals surface area (Å²) in [4.78, 5) is 44.1. The second-order valence-corrected chi connectivity index (χ2v) is 10.7. The van der Waals surface area contributed by atoms with Crippen LogP contribution in [0.5, 0.6) is 5.75 Å². The van der Waals surface area contributed by atoms with Crippen LogP contribution in [0.15, 0.2) is 59.5 Å². The van der Waals surface area contributed by atoms with E-state index in [-0.39, 0.29) is 37.1 Å². The van der Waals surface area contributed by atoms with Gasteiger partial charge in [-0.2, -0.15) is 5.10 Å². The fraction of sp³-hybridized carbons (Fsp3) is 0.484. The fourth-order valence-electron chi connectivity index (χ4n) is 5.65. The maximum Gasteiger partial charge on any atom is 0.275 e. The first-order chi connectivity index (χ1) is 19.5. The Morgan fingerprint density at radius 1 is 1.02 bits per heavy atom. The van der Waals surface area contributed by atoms with Crippen molar-refractivity contribution in [1.29, 1.82) is 0 Å². The Bertz CT molecular complexity index is 1410. The maximum atomic E-state index is 14.2.